The zero-order chi connectivity index (χ0) is 20.7. The lowest BCUT2D eigenvalue weighted by Crippen LogP contribution is -2.59. The number of carbonyl (C=O) groups excluding carboxylic acids is 2. The van der Waals surface area contributed by atoms with Crippen molar-refractivity contribution in [3.05, 3.63) is 0 Å². The average molecular weight is 373 g/mol. The van der Waals surface area contributed by atoms with Gasteiger partial charge in [-0.2, -0.15) is 0 Å². The van der Waals surface area contributed by atoms with Crippen LogP contribution < -0.4 is 5.73 Å². The number of nitrogens with zero attached hydrogens (tertiary/aromatic N) is 1. The van der Waals surface area contributed by atoms with Gasteiger partial charge in [0, 0.05) is 19.7 Å². The molecular formula is C20H40N2O4. The Bertz CT molecular complexity index is 448. The molecule has 0 amide bonds. The fourth-order valence-corrected chi connectivity index (χ4v) is 3.11. The van der Waals surface area contributed by atoms with Crippen molar-refractivity contribution in [2.24, 2.45) is 17.6 Å². The number of rotatable bonds is 11. The number of esters is 1. The minimum Gasteiger partial charge on any atom is -0.460 e. The maximum atomic E-state index is 12.3. The summed E-state index contributed by atoms with van der Waals surface area (Å²) in [4.78, 5) is 26.0. The first kappa shape index (κ1) is 25.0. The van der Waals surface area contributed by atoms with E-state index in [9.17, 15) is 9.59 Å². The van der Waals surface area contributed by atoms with Gasteiger partial charge in [0.25, 0.3) is 0 Å². The third-order valence-electron chi connectivity index (χ3n) is 5.03. The number of ether oxygens (including phenoxy) is 2. The van der Waals surface area contributed by atoms with E-state index in [1.54, 1.807) is 7.11 Å². The van der Waals surface area contributed by atoms with Crippen LogP contribution in [0.4, 0.5) is 0 Å². The number of methoxy groups -OCH3 is 1. The Labute approximate surface area is 159 Å². The van der Waals surface area contributed by atoms with E-state index < -0.39 is 11.1 Å². The zero-order valence-corrected chi connectivity index (χ0v) is 18.2. The van der Waals surface area contributed by atoms with Gasteiger partial charge in [-0.3, -0.25) is 9.69 Å². The van der Waals surface area contributed by atoms with E-state index in [1.807, 2.05) is 41.7 Å². The summed E-state index contributed by atoms with van der Waals surface area (Å²) >= 11 is 0. The minimum absolute atomic E-state index is 0.00637. The van der Waals surface area contributed by atoms with Gasteiger partial charge in [0.15, 0.2) is 0 Å². The van der Waals surface area contributed by atoms with Crippen LogP contribution in [0.15, 0.2) is 0 Å². The molecule has 0 unspecified atom stereocenters. The van der Waals surface area contributed by atoms with Crippen LogP contribution in [0.3, 0.4) is 0 Å². The summed E-state index contributed by atoms with van der Waals surface area (Å²) in [6.45, 7) is 14.0. The summed E-state index contributed by atoms with van der Waals surface area (Å²) in [5.74, 6) is -0.0216. The molecule has 2 N–H and O–H groups in total. The Kier molecular flexibility index (Phi) is 9.99. The molecule has 0 fully saturated rings. The molecule has 6 nitrogen and oxygen atoms in total. The summed E-state index contributed by atoms with van der Waals surface area (Å²) in [6.07, 6.45) is 1.57. The highest BCUT2D eigenvalue weighted by atomic mass is 16.6. The number of hydrogen-bond donors (Lipinski definition) is 1. The van der Waals surface area contributed by atoms with Gasteiger partial charge in [-0.25, -0.2) is 0 Å². The lowest BCUT2D eigenvalue weighted by Gasteiger charge is -2.41. The molecule has 6 heteroatoms. The molecule has 0 aromatic carbocycles. The van der Waals surface area contributed by atoms with Crippen molar-refractivity contribution in [1.29, 1.82) is 0 Å². The second-order valence-electron chi connectivity index (χ2n) is 8.74. The van der Waals surface area contributed by atoms with Crippen molar-refractivity contribution in [3.63, 3.8) is 0 Å². The molecule has 4 atom stereocenters. The van der Waals surface area contributed by atoms with Gasteiger partial charge < -0.3 is 20.0 Å². The fraction of sp³-hybridized carbons (Fsp3) is 0.900. The maximum absolute atomic E-state index is 12.3. The molecule has 0 heterocycles. The predicted octanol–water partition coefficient (Wildman–Crippen LogP) is 2.63. The average Bonchev–Trinajstić information content (AvgIpc) is 2.51. The summed E-state index contributed by atoms with van der Waals surface area (Å²) in [5, 5.41) is 0. The standard InChI is InChI=1S/C20H40N2O4/c1-10-15(4)18(22(8)12-20(21,13-23)14(2)3)16(25-9)11-17(24)26-19(5,6)7/h13-16,18H,10-12,21H2,1-9H3/t15-,16+,18-,20+/m0/s1. The highest BCUT2D eigenvalue weighted by Gasteiger charge is 2.37. The predicted molar refractivity (Wildman–Crippen MR) is 105 cm³/mol. The van der Waals surface area contributed by atoms with Crippen LogP contribution in [-0.4, -0.2) is 61.1 Å². The van der Waals surface area contributed by atoms with E-state index in [1.165, 1.54) is 0 Å². The molecule has 0 spiro atoms. The van der Waals surface area contributed by atoms with Crippen molar-refractivity contribution in [1.82, 2.24) is 4.90 Å². The second kappa shape index (κ2) is 10.4. The number of aldehydes is 1. The van der Waals surface area contributed by atoms with Crippen molar-refractivity contribution in [3.8, 4) is 0 Å². The van der Waals surface area contributed by atoms with Gasteiger partial charge in [-0.1, -0.05) is 34.1 Å². The first-order valence-electron chi connectivity index (χ1n) is 9.51. The summed E-state index contributed by atoms with van der Waals surface area (Å²) in [7, 11) is 3.54. The van der Waals surface area contributed by atoms with Crippen molar-refractivity contribution >= 4 is 12.3 Å². The van der Waals surface area contributed by atoms with Gasteiger partial charge in [-0.15, -0.1) is 0 Å². The molecule has 0 aliphatic heterocycles. The molecule has 0 aliphatic rings. The Morgan fingerprint density at radius 2 is 1.77 bits per heavy atom. The molecule has 26 heavy (non-hydrogen) atoms. The lowest BCUT2D eigenvalue weighted by atomic mass is 9.85. The quantitative estimate of drug-likeness (QED) is 0.443. The molecule has 0 radical (unpaired) electrons. The van der Waals surface area contributed by atoms with Crippen LogP contribution >= 0.6 is 0 Å². The zero-order valence-electron chi connectivity index (χ0n) is 18.2. The van der Waals surface area contributed by atoms with Crippen LogP contribution in [0.25, 0.3) is 0 Å². The van der Waals surface area contributed by atoms with Crippen LogP contribution in [-0.2, 0) is 19.1 Å². The van der Waals surface area contributed by atoms with Gasteiger partial charge in [0.2, 0.25) is 0 Å². The van der Waals surface area contributed by atoms with Gasteiger partial charge >= 0.3 is 5.97 Å². The maximum Gasteiger partial charge on any atom is 0.309 e. The van der Waals surface area contributed by atoms with Crippen molar-refractivity contribution < 1.29 is 19.1 Å². The van der Waals surface area contributed by atoms with Gasteiger partial charge in [0.05, 0.1) is 18.1 Å². The van der Waals surface area contributed by atoms with Crippen molar-refractivity contribution in [2.45, 2.75) is 84.6 Å². The number of hydrogen-bond acceptors (Lipinski definition) is 6. The SMILES string of the molecule is CC[C@H](C)[C@@H]([C@@H](CC(=O)OC(C)(C)C)OC)N(C)C[C@@](N)(C=O)C(C)C. The molecule has 0 saturated carbocycles. The fourth-order valence-electron chi connectivity index (χ4n) is 3.11. The largest absolute Gasteiger partial charge is 0.460 e. The normalized spacial score (nSPS) is 18.3. The van der Waals surface area contributed by atoms with E-state index in [4.69, 9.17) is 15.2 Å². The second-order valence-corrected chi connectivity index (χ2v) is 8.74. The lowest BCUT2D eigenvalue weighted by molar-refractivity contribution is -0.159. The molecule has 0 aromatic rings. The van der Waals surface area contributed by atoms with E-state index in [2.05, 4.69) is 18.7 Å². The Hall–Kier alpha value is -0.980. The summed E-state index contributed by atoms with van der Waals surface area (Å²) < 4.78 is 11.1. The smallest absolute Gasteiger partial charge is 0.309 e. The highest BCUT2D eigenvalue weighted by molar-refractivity contribution is 5.70. The van der Waals surface area contributed by atoms with Crippen LogP contribution in [0.5, 0.6) is 0 Å². The van der Waals surface area contributed by atoms with Gasteiger partial charge in [-0.05, 0) is 39.7 Å². The van der Waals surface area contributed by atoms with E-state index >= 15 is 0 Å². The molecule has 0 aliphatic carbocycles. The summed E-state index contributed by atoms with van der Waals surface area (Å²) in [6, 6.07) is -0.0563. The summed E-state index contributed by atoms with van der Waals surface area (Å²) in [5.41, 5.74) is 4.83. The molecular weight excluding hydrogens is 332 g/mol. The molecule has 154 valence electrons. The monoisotopic (exact) mass is 372 g/mol. The Morgan fingerprint density at radius 1 is 1.23 bits per heavy atom. The molecule has 0 rings (SSSR count). The molecule has 0 bridgehead atoms. The van der Waals surface area contributed by atoms with E-state index in [-0.39, 0.29) is 36.4 Å². The van der Waals surface area contributed by atoms with Crippen LogP contribution in [0, 0.1) is 11.8 Å². The molecule has 0 aromatic heterocycles. The Morgan fingerprint density at radius 3 is 2.12 bits per heavy atom. The Balaban J connectivity index is 5.43. The van der Waals surface area contributed by atoms with Crippen LogP contribution in [0.2, 0.25) is 0 Å². The topological polar surface area (TPSA) is 81.9 Å². The van der Waals surface area contributed by atoms with E-state index in [0.717, 1.165) is 12.7 Å². The molecule has 0 saturated heterocycles. The van der Waals surface area contributed by atoms with Crippen molar-refractivity contribution in [2.75, 3.05) is 20.7 Å². The van der Waals surface area contributed by atoms with Gasteiger partial charge in [0.1, 0.15) is 11.9 Å². The third kappa shape index (κ3) is 7.72. The number of nitrogens with two attached hydrogens (primary N) is 1. The highest BCUT2D eigenvalue weighted by Crippen LogP contribution is 2.25. The van der Waals surface area contributed by atoms with E-state index in [0.29, 0.717) is 6.54 Å². The number of likely N-dealkylation sites (N-methyl/N-ethyl adjacent to an activating group) is 1. The minimum atomic E-state index is -0.940. The number of carbonyl (C=O) groups is 2. The first-order chi connectivity index (χ1) is 11.8. The van der Waals surface area contributed by atoms with Crippen LogP contribution in [0.1, 0.15) is 61.3 Å². The third-order valence-corrected chi connectivity index (χ3v) is 5.03. The first-order valence-corrected chi connectivity index (χ1v) is 9.51.